The lowest BCUT2D eigenvalue weighted by Crippen LogP contribution is -2.44. The Hall–Kier alpha value is -1.06. The van der Waals surface area contributed by atoms with E-state index in [1.807, 2.05) is 6.92 Å². The van der Waals surface area contributed by atoms with E-state index in [1.165, 1.54) is 0 Å². The minimum absolute atomic E-state index is 0.0828. The molecule has 1 saturated carbocycles. The van der Waals surface area contributed by atoms with Gasteiger partial charge >= 0.3 is 5.97 Å². The molecule has 1 amide bonds. The van der Waals surface area contributed by atoms with Gasteiger partial charge in [0, 0.05) is 5.92 Å². The first-order valence-electron chi connectivity index (χ1n) is 6.09. The van der Waals surface area contributed by atoms with Gasteiger partial charge in [-0.3, -0.25) is 4.79 Å². The minimum Gasteiger partial charge on any atom is -0.480 e. The minimum atomic E-state index is -0.904. The molecule has 0 aromatic heterocycles. The summed E-state index contributed by atoms with van der Waals surface area (Å²) in [6.07, 6.45) is 4.73. The van der Waals surface area contributed by atoms with Crippen molar-refractivity contribution in [2.75, 3.05) is 0 Å². The van der Waals surface area contributed by atoms with Gasteiger partial charge in [-0.05, 0) is 25.2 Å². The standard InChI is InChI=1S/C12H21NO3/c1-3-4-5-8(2)11(14)13-10(12(15)16)9-6-7-9/h8-10H,3-7H2,1-2H3,(H,13,14)(H,15,16). The molecule has 0 radical (unpaired) electrons. The van der Waals surface area contributed by atoms with E-state index in [0.717, 1.165) is 32.1 Å². The lowest BCUT2D eigenvalue weighted by molar-refractivity contribution is -0.143. The van der Waals surface area contributed by atoms with E-state index in [0.29, 0.717) is 0 Å². The van der Waals surface area contributed by atoms with Crippen molar-refractivity contribution in [1.82, 2.24) is 5.32 Å². The molecule has 0 saturated heterocycles. The van der Waals surface area contributed by atoms with Crippen molar-refractivity contribution in [3.8, 4) is 0 Å². The lowest BCUT2D eigenvalue weighted by atomic mass is 10.0. The first-order valence-corrected chi connectivity index (χ1v) is 6.09. The number of carboxylic acid groups (broad SMARTS) is 1. The Balaban J connectivity index is 2.38. The molecule has 0 heterocycles. The van der Waals surface area contributed by atoms with Gasteiger partial charge in [-0.25, -0.2) is 4.79 Å². The van der Waals surface area contributed by atoms with Crippen molar-refractivity contribution < 1.29 is 14.7 Å². The van der Waals surface area contributed by atoms with Gasteiger partial charge in [0.1, 0.15) is 6.04 Å². The molecule has 92 valence electrons. The van der Waals surface area contributed by atoms with Gasteiger partial charge in [-0.15, -0.1) is 0 Å². The molecule has 0 bridgehead atoms. The maximum absolute atomic E-state index is 11.7. The molecule has 4 nitrogen and oxygen atoms in total. The zero-order valence-corrected chi connectivity index (χ0v) is 10.0. The molecule has 1 fully saturated rings. The SMILES string of the molecule is CCCCC(C)C(=O)NC(C(=O)O)C1CC1. The Labute approximate surface area is 96.4 Å². The van der Waals surface area contributed by atoms with Crippen LogP contribution in [0.1, 0.15) is 46.0 Å². The molecule has 2 atom stereocenters. The van der Waals surface area contributed by atoms with Crippen LogP contribution in [0.4, 0.5) is 0 Å². The van der Waals surface area contributed by atoms with Gasteiger partial charge in [-0.2, -0.15) is 0 Å². The average molecular weight is 227 g/mol. The highest BCUT2D eigenvalue weighted by molar-refractivity contribution is 5.85. The molecule has 2 N–H and O–H groups in total. The summed E-state index contributed by atoms with van der Waals surface area (Å²) in [4.78, 5) is 22.7. The van der Waals surface area contributed by atoms with Crippen molar-refractivity contribution in [3.05, 3.63) is 0 Å². The number of unbranched alkanes of at least 4 members (excludes halogenated alkanes) is 1. The Morgan fingerprint density at radius 1 is 1.44 bits per heavy atom. The number of rotatable bonds is 7. The smallest absolute Gasteiger partial charge is 0.326 e. The van der Waals surface area contributed by atoms with Gasteiger partial charge in [0.05, 0.1) is 0 Å². The molecular weight excluding hydrogens is 206 g/mol. The molecule has 1 aliphatic carbocycles. The van der Waals surface area contributed by atoms with E-state index in [1.54, 1.807) is 0 Å². The van der Waals surface area contributed by atoms with E-state index >= 15 is 0 Å². The molecule has 0 aromatic rings. The van der Waals surface area contributed by atoms with Crippen molar-refractivity contribution in [2.24, 2.45) is 11.8 Å². The fourth-order valence-corrected chi connectivity index (χ4v) is 1.75. The van der Waals surface area contributed by atoms with E-state index in [4.69, 9.17) is 5.11 Å². The zero-order valence-electron chi connectivity index (χ0n) is 10.0. The second-order valence-electron chi connectivity index (χ2n) is 4.71. The van der Waals surface area contributed by atoms with Crippen LogP contribution in [-0.4, -0.2) is 23.0 Å². The highest BCUT2D eigenvalue weighted by Gasteiger charge is 2.37. The van der Waals surface area contributed by atoms with Crippen molar-refractivity contribution in [1.29, 1.82) is 0 Å². The predicted octanol–water partition coefficient (Wildman–Crippen LogP) is 1.79. The van der Waals surface area contributed by atoms with Crippen LogP contribution in [0, 0.1) is 11.8 Å². The lowest BCUT2D eigenvalue weighted by Gasteiger charge is -2.17. The predicted molar refractivity (Wildman–Crippen MR) is 61.0 cm³/mol. The fourth-order valence-electron chi connectivity index (χ4n) is 1.75. The van der Waals surface area contributed by atoms with Crippen LogP contribution in [0.25, 0.3) is 0 Å². The fraction of sp³-hybridized carbons (Fsp3) is 0.833. The molecule has 16 heavy (non-hydrogen) atoms. The number of hydrogen-bond acceptors (Lipinski definition) is 2. The van der Waals surface area contributed by atoms with E-state index in [2.05, 4.69) is 12.2 Å². The average Bonchev–Trinajstić information content (AvgIpc) is 3.05. The van der Waals surface area contributed by atoms with Gasteiger partial charge in [0.25, 0.3) is 0 Å². The second-order valence-corrected chi connectivity index (χ2v) is 4.71. The van der Waals surface area contributed by atoms with Crippen molar-refractivity contribution in [2.45, 2.75) is 52.0 Å². The Bertz CT molecular complexity index is 261. The first kappa shape index (κ1) is 13.0. The molecule has 1 rings (SSSR count). The third-order valence-electron chi connectivity index (χ3n) is 3.10. The van der Waals surface area contributed by atoms with Crippen molar-refractivity contribution >= 4 is 11.9 Å². The second kappa shape index (κ2) is 5.87. The monoisotopic (exact) mass is 227 g/mol. The highest BCUT2D eigenvalue weighted by Crippen LogP contribution is 2.32. The highest BCUT2D eigenvalue weighted by atomic mass is 16.4. The number of amides is 1. The van der Waals surface area contributed by atoms with Crippen LogP contribution >= 0.6 is 0 Å². The Morgan fingerprint density at radius 3 is 2.50 bits per heavy atom. The number of aliphatic carboxylic acids is 1. The quantitative estimate of drug-likeness (QED) is 0.697. The number of hydrogen-bond donors (Lipinski definition) is 2. The third kappa shape index (κ3) is 3.83. The molecule has 2 unspecified atom stereocenters. The molecule has 1 aliphatic rings. The largest absolute Gasteiger partial charge is 0.480 e. The number of carboxylic acids is 1. The van der Waals surface area contributed by atoms with Gasteiger partial charge < -0.3 is 10.4 Å². The summed E-state index contributed by atoms with van der Waals surface area (Å²) in [7, 11) is 0. The van der Waals surface area contributed by atoms with E-state index in [9.17, 15) is 9.59 Å². The number of carbonyl (C=O) groups excluding carboxylic acids is 1. The molecule has 0 aliphatic heterocycles. The van der Waals surface area contributed by atoms with Gasteiger partial charge in [0.15, 0.2) is 0 Å². The van der Waals surface area contributed by atoms with Crippen LogP contribution in [0.2, 0.25) is 0 Å². The van der Waals surface area contributed by atoms with Crippen LogP contribution in [0.3, 0.4) is 0 Å². The van der Waals surface area contributed by atoms with E-state index in [-0.39, 0.29) is 17.7 Å². The Kier molecular flexibility index (Phi) is 4.77. The zero-order chi connectivity index (χ0) is 12.1. The van der Waals surface area contributed by atoms with Gasteiger partial charge in [-0.1, -0.05) is 26.7 Å². The number of nitrogens with one attached hydrogen (secondary N) is 1. The van der Waals surface area contributed by atoms with Crippen LogP contribution in [-0.2, 0) is 9.59 Å². The summed E-state index contributed by atoms with van der Waals surface area (Å²) in [5.74, 6) is -0.952. The molecule has 0 aromatic carbocycles. The summed E-state index contributed by atoms with van der Waals surface area (Å²) < 4.78 is 0. The van der Waals surface area contributed by atoms with Crippen molar-refractivity contribution in [3.63, 3.8) is 0 Å². The first-order chi connectivity index (χ1) is 7.56. The summed E-state index contributed by atoms with van der Waals surface area (Å²) in [5, 5.41) is 11.6. The summed E-state index contributed by atoms with van der Waals surface area (Å²) >= 11 is 0. The Morgan fingerprint density at radius 2 is 2.06 bits per heavy atom. The summed E-state index contributed by atoms with van der Waals surface area (Å²) in [6, 6.07) is -0.670. The maximum atomic E-state index is 11.7. The van der Waals surface area contributed by atoms with Crippen LogP contribution in [0.15, 0.2) is 0 Å². The number of carbonyl (C=O) groups is 2. The summed E-state index contributed by atoms with van der Waals surface area (Å²) in [5.41, 5.74) is 0. The van der Waals surface area contributed by atoms with Crippen LogP contribution in [0.5, 0.6) is 0 Å². The third-order valence-corrected chi connectivity index (χ3v) is 3.10. The maximum Gasteiger partial charge on any atom is 0.326 e. The topological polar surface area (TPSA) is 66.4 Å². The molecule has 4 heteroatoms. The molecular formula is C12H21NO3. The van der Waals surface area contributed by atoms with Crippen LogP contribution < -0.4 is 5.32 Å². The van der Waals surface area contributed by atoms with Gasteiger partial charge in [0.2, 0.25) is 5.91 Å². The molecule has 0 spiro atoms. The van der Waals surface area contributed by atoms with E-state index < -0.39 is 12.0 Å². The summed E-state index contributed by atoms with van der Waals surface area (Å²) in [6.45, 7) is 3.94. The normalized spacial score (nSPS) is 18.9.